The summed E-state index contributed by atoms with van der Waals surface area (Å²) < 4.78 is 0. The van der Waals surface area contributed by atoms with E-state index in [1.54, 1.807) is 5.57 Å². The van der Waals surface area contributed by atoms with Crippen LogP contribution in [0.25, 0.3) is 5.57 Å². The number of nitrogens with two attached hydrogens (primary N) is 1. The van der Waals surface area contributed by atoms with Gasteiger partial charge in [-0.05, 0) is 66.5 Å². The Morgan fingerprint density at radius 3 is 1.85 bits per heavy atom. The summed E-state index contributed by atoms with van der Waals surface area (Å²) in [5, 5.41) is 0. The van der Waals surface area contributed by atoms with Gasteiger partial charge in [-0.2, -0.15) is 0 Å². The molecule has 2 N–H and O–H groups in total. The SMILES string of the molecule is Cl.NC(=O)c1ccc(C(=C2CC3CCC(C2)N3CCc2ccccc2)c2ccccc2)cc1. The van der Waals surface area contributed by atoms with E-state index >= 15 is 0 Å². The molecule has 0 spiro atoms. The second kappa shape index (κ2) is 10.4. The first-order chi connectivity index (χ1) is 15.7. The van der Waals surface area contributed by atoms with Crippen LogP contribution in [0.2, 0.25) is 0 Å². The van der Waals surface area contributed by atoms with Crippen molar-refractivity contribution < 1.29 is 4.79 Å². The van der Waals surface area contributed by atoms with E-state index < -0.39 is 0 Å². The van der Waals surface area contributed by atoms with Gasteiger partial charge >= 0.3 is 0 Å². The Hall–Kier alpha value is -2.88. The van der Waals surface area contributed by atoms with Crippen molar-refractivity contribution in [2.45, 2.75) is 44.2 Å². The third-order valence-corrected chi connectivity index (χ3v) is 7.11. The predicted molar refractivity (Wildman–Crippen MR) is 138 cm³/mol. The van der Waals surface area contributed by atoms with Crippen LogP contribution < -0.4 is 5.73 Å². The van der Waals surface area contributed by atoms with Gasteiger partial charge in [0.25, 0.3) is 0 Å². The Balaban J connectivity index is 0.00000259. The third-order valence-electron chi connectivity index (χ3n) is 7.11. The van der Waals surface area contributed by atoms with Crippen molar-refractivity contribution in [2.75, 3.05) is 6.54 Å². The molecular weight excluding hydrogens is 428 g/mol. The van der Waals surface area contributed by atoms with Crippen molar-refractivity contribution >= 4 is 23.9 Å². The molecule has 33 heavy (non-hydrogen) atoms. The van der Waals surface area contributed by atoms with Crippen LogP contribution in [0.15, 0.2) is 90.5 Å². The number of nitrogens with zero attached hydrogens (tertiary/aromatic N) is 1. The summed E-state index contributed by atoms with van der Waals surface area (Å²) >= 11 is 0. The number of carbonyl (C=O) groups excluding carboxylic acids is 1. The molecular formula is C29H31ClN2O. The number of fused-ring (bicyclic) bond motifs is 2. The number of benzene rings is 3. The molecule has 170 valence electrons. The maximum Gasteiger partial charge on any atom is 0.248 e. The summed E-state index contributed by atoms with van der Waals surface area (Å²) in [5.41, 5.74) is 12.8. The molecule has 2 fully saturated rings. The average molecular weight is 459 g/mol. The standard InChI is InChI=1S/C29H30N2O.ClH/c30-29(32)24-13-11-23(12-14-24)28(22-9-5-2-6-10-22)25-19-26-15-16-27(20-25)31(26)18-17-21-7-3-1-4-8-21;/h1-14,26-27H,15-20H2,(H2,30,32);1H. The highest BCUT2D eigenvalue weighted by Crippen LogP contribution is 2.42. The maximum atomic E-state index is 11.6. The second-order valence-corrected chi connectivity index (χ2v) is 9.05. The molecule has 1 amide bonds. The fourth-order valence-electron chi connectivity index (χ4n) is 5.56. The van der Waals surface area contributed by atoms with Crippen molar-refractivity contribution in [3.63, 3.8) is 0 Å². The van der Waals surface area contributed by atoms with Gasteiger partial charge in [0.05, 0.1) is 0 Å². The Morgan fingerprint density at radius 1 is 0.758 bits per heavy atom. The van der Waals surface area contributed by atoms with E-state index in [4.69, 9.17) is 5.73 Å². The van der Waals surface area contributed by atoms with E-state index in [0.29, 0.717) is 17.6 Å². The summed E-state index contributed by atoms with van der Waals surface area (Å²) in [6.07, 6.45) is 5.92. The first-order valence-corrected chi connectivity index (χ1v) is 11.7. The molecule has 0 saturated carbocycles. The zero-order chi connectivity index (χ0) is 21.9. The highest BCUT2D eigenvalue weighted by atomic mass is 35.5. The maximum absolute atomic E-state index is 11.6. The summed E-state index contributed by atoms with van der Waals surface area (Å²) in [6.45, 7) is 1.14. The fraction of sp³-hybridized carbons (Fsp3) is 0.276. The molecule has 2 aliphatic rings. The highest BCUT2D eigenvalue weighted by molar-refractivity contribution is 5.93. The average Bonchev–Trinajstić information content (AvgIpc) is 3.07. The minimum atomic E-state index is -0.379. The predicted octanol–water partition coefficient (Wildman–Crippen LogP) is 5.88. The van der Waals surface area contributed by atoms with Gasteiger partial charge in [0, 0.05) is 24.2 Å². The summed E-state index contributed by atoms with van der Waals surface area (Å²) in [5.74, 6) is -0.379. The van der Waals surface area contributed by atoms with Gasteiger partial charge in [-0.1, -0.05) is 78.4 Å². The van der Waals surface area contributed by atoms with Crippen LogP contribution in [0.1, 0.15) is 52.7 Å². The molecule has 2 saturated heterocycles. The molecule has 0 aromatic heterocycles. The highest BCUT2D eigenvalue weighted by Gasteiger charge is 2.39. The first-order valence-electron chi connectivity index (χ1n) is 11.7. The lowest BCUT2D eigenvalue weighted by Crippen LogP contribution is -2.41. The lowest BCUT2D eigenvalue weighted by atomic mass is 9.85. The van der Waals surface area contributed by atoms with E-state index in [1.165, 1.54) is 35.1 Å². The smallest absolute Gasteiger partial charge is 0.248 e. The monoisotopic (exact) mass is 458 g/mol. The zero-order valence-electron chi connectivity index (χ0n) is 18.8. The van der Waals surface area contributed by atoms with Crippen LogP contribution in [0, 0.1) is 0 Å². The normalized spacial score (nSPS) is 19.7. The minimum absolute atomic E-state index is 0. The topological polar surface area (TPSA) is 46.3 Å². The fourth-order valence-corrected chi connectivity index (χ4v) is 5.56. The molecule has 2 atom stereocenters. The van der Waals surface area contributed by atoms with Gasteiger partial charge in [-0.3, -0.25) is 9.69 Å². The van der Waals surface area contributed by atoms with Crippen LogP contribution in [0.3, 0.4) is 0 Å². The number of primary amides is 1. The molecule has 2 bridgehead atoms. The van der Waals surface area contributed by atoms with Gasteiger partial charge in [0.1, 0.15) is 0 Å². The van der Waals surface area contributed by atoms with Crippen LogP contribution >= 0.6 is 12.4 Å². The van der Waals surface area contributed by atoms with Crippen LogP contribution in [0.5, 0.6) is 0 Å². The summed E-state index contributed by atoms with van der Waals surface area (Å²) in [7, 11) is 0. The minimum Gasteiger partial charge on any atom is -0.366 e. The molecule has 0 aliphatic carbocycles. The molecule has 0 radical (unpaired) electrons. The Morgan fingerprint density at radius 2 is 1.27 bits per heavy atom. The van der Waals surface area contributed by atoms with Crippen LogP contribution in [0.4, 0.5) is 0 Å². The van der Waals surface area contributed by atoms with E-state index in [1.807, 2.05) is 12.1 Å². The molecule has 4 heteroatoms. The molecule has 2 heterocycles. The molecule has 5 rings (SSSR count). The number of rotatable bonds is 6. The Bertz CT molecular complexity index is 1090. The quantitative estimate of drug-likeness (QED) is 0.501. The lowest BCUT2D eigenvalue weighted by Gasteiger charge is -2.37. The van der Waals surface area contributed by atoms with E-state index in [0.717, 1.165) is 25.8 Å². The van der Waals surface area contributed by atoms with Crippen molar-refractivity contribution in [3.8, 4) is 0 Å². The summed E-state index contributed by atoms with van der Waals surface area (Å²) in [6, 6.07) is 30.6. The van der Waals surface area contributed by atoms with Gasteiger partial charge in [0.2, 0.25) is 5.91 Å². The Kier molecular flexibility index (Phi) is 7.32. The van der Waals surface area contributed by atoms with Crippen molar-refractivity contribution in [2.24, 2.45) is 5.73 Å². The van der Waals surface area contributed by atoms with Crippen LogP contribution in [-0.4, -0.2) is 29.4 Å². The van der Waals surface area contributed by atoms with Gasteiger partial charge < -0.3 is 5.73 Å². The van der Waals surface area contributed by atoms with Gasteiger partial charge in [-0.25, -0.2) is 0 Å². The van der Waals surface area contributed by atoms with E-state index in [2.05, 4.69) is 77.7 Å². The molecule has 3 nitrogen and oxygen atoms in total. The largest absolute Gasteiger partial charge is 0.366 e. The molecule has 2 aliphatic heterocycles. The number of piperidine rings is 1. The summed E-state index contributed by atoms with van der Waals surface area (Å²) in [4.78, 5) is 14.3. The number of amides is 1. The van der Waals surface area contributed by atoms with E-state index in [9.17, 15) is 4.79 Å². The molecule has 3 aromatic carbocycles. The number of carbonyl (C=O) groups is 1. The third kappa shape index (κ3) is 5.05. The van der Waals surface area contributed by atoms with Gasteiger partial charge in [-0.15, -0.1) is 12.4 Å². The second-order valence-electron chi connectivity index (χ2n) is 9.05. The van der Waals surface area contributed by atoms with Crippen molar-refractivity contribution in [1.82, 2.24) is 4.90 Å². The molecule has 2 unspecified atom stereocenters. The van der Waals surface area contributed by atoms with Crippen LogP contribution in [-0.2, 0) is 6.42 Å². The lowest BCUT2D eigenvalue weighted by molar-refractivity contribution is 0.100. The van der Waals surface area contributed by atoms with Crippen molar-refractivity contribution in [3.05, 3.63) is 113 Å². The molecule has 3 aromatic rings. The number of halogens is 1. The van der Waals surface area contributed by atoms with Crippen molar-refractivity contribution in [1.29, 1.82) is 0 Å². The van der Waals surface area contributed by atoms with Gasteiger partial charge in [0.15, 0.2) is 0 Å². The number of hydrogen-bond acceptors (Lipinski definition) is 2. The first kappa shape index (κ1) is 23.3. The number of hydrogen-bond donors (Lipinski definition) is 1. The Labute approximate surface area is 202 Å². The zero-order valence-corrected chi connectivity index (χ0v) is 19.6. The van der Waals surface area contributed by atoms with E-state index in [-0.39, 0.29) is 18.3 Å².